The normalized spacial score (nSPS) is 27.7. The first-order valence-corrected chi connectivity index (χ1v) is 8.84. The number of alkyl halides is 4. The molecule has 1 N–H and O–H groups in total. The molecule has 2 fully saturated rings. The molecule has 0 radical (unpaired) electrons. The maximum atomic E-state index is 13.1. The van der Waals surface area contributed by atoms with Crippen LogP contribution in [-0.4, -0.2) is 35.4 Å². The topological polar surface area (TPSA) is 41.9 Å². The fourth-order valence-electron chi connectivity index (χ4n) is 3.82. The van der Waals surface area contributed by atoms with Gasteiger partial charge in [0, 0.05) is 11.1 Å². The van der Waals surface area contributed by atoms with Crippen molar-refractivity contribution in [2.24, 2.45) is 0 Å². The number of rotatable bonds is 5. The number of fused-ring (bicyclic) bond motifs is 1. The third-order valence-corrected chi connectivity index (χ3v) is 5.26. The van der Waals surface area contributed by atoms with Crippen LogP contribution in [0.2, 0.25) is 0 Å². The van der Waals surface area contributed by atoms with E-state index in [4.69, 9.17) is 9.47 Å². The molecule has 0 spiro atoms. The van der Waals surface area contributed by atoms with Gasteiger partial charge in [-0.25, -0.2) is 22.5 Å². The van der Waals surface area contributed by atoms with Gasteiger partial charge in [0.25, 0.3) is 12.9 Å². The Morgan fingerprint density at radius 3 is 1.75 bits per heavy atom. The van der Waals surface area contributed by atoms with Gasteiger partial charge in [-0.15, -0.1) is 0 Å². The Bertz CT molecular complexity index is 784. The molecule has 2 heterocycles. The molecule has 150 valence electrons. The summed E-state index contributed by atoms with van der Waals surface area (Å²) in [5.74, 6) is 0. The van der Waals surface area contributed by atoms with Gasteiger partial charge in [0.15, 0.2) is 0 Å². The molecule has 0 saturated carbocycles. The Kier molecular flexibility index (Phi) is 5.13. The van der Waals surface area contributed by atoms with E-state index in [0.717, 1.165) is 0 Å². The minimum absolute atomic E-state index is 0.137. The number of nitrogens with zero attached hydrogens (tertiary/aromatic N) is 1. The molecule has 4 nitrogen and oxygen atoms in total. The van der Waals surface area contributed by atoms with Crippen LogP contribution in [-0.2, 0) is 9.47 Å². The van der Waals surface area contributed by atoms with Gasteiger partial charge in [-0.1, -0.05) is 36.4 Å². The van der Waals surface area contributed by atoms with E-state index >= 15 is 0 Å². The van der Waals surface area contributed by atoms with Gasteiger partial charge in [0.2, 0.25) is 0 Å². The van der Waals surface area contributed by atoms with E-state index in [2.05, 4.69) is 0 Å². The predicted molar refractivity (Wildman–Crippen MR) is 91.8 cm³/mol. The lowest BCUT2D eigenvalue weighted by atomic mass is 10.00. The number of halogens is 4. The lowest BCUT2D eigenvalue weighted by Crippen LogP contribution is -2.47. The van der Waals surface area contributed by atoms with Crippen molar-refractivity contribution in [1.29, 1.82) is 0 Å². The van der Waals surface area contributed by atoms with Crippen LogP contribution in [0, 0.1) is 0 Å². The number of benzene rings is 2. The SMILES string of the molecule is OCC12COC(c3cccc(C(F)F)c3)N1C(c1cccc(C(F)F)c1)OC2. The summed E-state index contributed by atoms with van der Waals surface area (Å²) >= 11 is 0. The number of aliphatic hydroxyl groups excluding tert-OH is 1. The van der Waals surface area contributed by atoms with Crippen molar-refractivity contribution in [2.45, 2.75) is 30.8 Å². The lowest BCUT2D eigenvalue weighted by Gasteiger charge is -2.33. The maximum Gasteiger partial charge on any atom is 0.263 e. The molecule has 28 heavy (non-hydrogen) atoms. The summed E-state index contributed by atoms with van der Waals surface area (Å²) in [6, 6.07) is 11.7. The summed E-state index contributed by atoms with van der Waals surface area (Å²) in [6.45, 7) is -0.000697. The zero-order valence-electron chi connectivity index (χ0n) is 14.8. The Morgan fingerprint density at radius 1 is 0.893 bits per heavy atom. The van der Waals surface area contributed by atoms with Crippen molar-refractivity contribution < 1.29 is 32.1 Å². The molecule has 4 rings (SSSR count). The number of aliphatic hydroxyl groups is 1. The monoisotopic (exact) mass is 397 g/mol. The first-order valence-electron chi connectivity index (χ1n) is 8.84. The van der Waals surface area contributed by atoms with Crippen molar-refractivity contribution in [2.75, 3.05) is 19.8 Å². The summed E-state index contributed by atoms with van der Waals surface area (Å²) < 4.78 is 64.2. The highest BCUT2D eigenvalue weighted by atomic mass is 19.3. The molecule has 2 unspecified atom stereocenters. The largest absolute Gasteiger partial charge is 0.394 e. The van der Waals surface area contributed by atoms with Crippen LogP contribution in [0.15, 0.2) is 48.5 Å². The van der Waals surface area contributed by atoms with Gasteiger partial charge >= 0.3 is 0 Å². The Labute approximate surface area is 159 Å². The fraction of sp³-hybridized carbons (Fsp3) is 0.400. The first-order chi connectivity index (χ1) is 13.4. The average Bonchev–Trinajstić information content (AvgIpc) is 3.25. The van der Waals surface area contributed by atoms with Crippen molar-refractivity contribution in [3.8, 4) is 0 Å². The molecule has 0 amide bonds. The zero-order chi connectivity index (χ0) is 19.9. The predicted octanol–water partition coefficient (Wildman–Crippen LogP) is 4.35. The molecular formula is C20H19F4NO3. The molecule has 0 aromatic heterocycles. The molecule has 0 bridgehead atoms. The first kappa shape index (κ1) is 19.3. The summed E-state index contributed by atoms with van der Waals surface area (Å²) in [5.41, 5.74) is -0.156. The smallest absolute Gasteiger partial charge is 0.263 e. The molecule has 2 aliphatic heterocycles. The highest BCUT2D eigenvalue weighted by Crippen LogP contribution is 2.49. The van der Waals surface area contributed by atoms with Crippen LogP contribution >= 0.6 is 0 Å². The maximum absolute atomic E-state index is 13.1. The molecule has 2 aromatic carbocycles. The number of hydrogen-bond donors (Lipinski definition) is 1. The van der Waals surface area contributed by atoms with Gasteiger partial charge in [0.1, 0.15) is 12.5 Å². The van der Waals surface area contributed by atoms with Crippen LogP contribution in [0.5, 0.6) is 0 Å². The number of ether oxygens (including phenoxy) is 2. The van der Waals surface area contributed by atoms with Gasteiger partial charge in [-0.2, -0.15) is 0 Å². The Hall–Kier alpha value is -2.00. The molecule has 2 aromatic rings. The van der Waals surface area contributed by atoms with E-state index in [1.165, 1.54) is 36.4 Å². The molecular weight excluding hydrogens is 378 g/mol. The van der Waals surface area contributed by atoms with Crippen molar-refractivity contribution in [3.05, 3.63) is 70.8 Å². The quantitative estimate of drug-likeness (QED) is 0.762. The standard InChI is InChI=1S/C20H19F4NO3/c21-16(22)12-3-1-5-14(7-12)18-25-19(28-11-20(25,9-26)10-27-18)15-6-2-4-13(8-15)17(23)24/h1-8,16-19,26H,9-11H2. The minimum Gasteiger partial charge on any atom is -0.394 e. The second kappa shape index (κ2) is 7.44. The van der Waals surface area contributed by atoms with Crippen molar-refractivity contribution in [3.63, 3.8) is 0 Å². The zero-order valence-corrected chi connectivity index (χ0v) is 14.8. The van der Waals surface area contributed by atoms with Crippen LogP contribution in [0.25, 0.3) is 0 Å². The van der Waals surface area contributed by atoms with E-state index in [9.17, 15) is 22.7 Å². The summed E-state index contributed by atoms with van der Waals surface area (Å²) in [6.07, 6.45) is -6.74. The van der Waals surface area contributed by atoms with Crippen LogP contribution in [0.4, 0.5) is 17.6 Å². The molecule has 2 saturated heterocycles. The van der Waals surface area contributed by atoms with Gasteiger partial charge in [0.05, 0.1) is 25.4 Å². The highest BCUT2D eigenvalue weighted by Gasteiger charge is 2.56. The average molecular weight is 397 g/mol. The summed E-state index contributed by atoms with van der Waals surface area (Å²) in [4.78, 5) is 1.75. The molecule has 0 aliphatic carbocycles. The fourth-order valence-corrected chi connectivity index (χ4v) is 3.82. The number of hydrogen-bond acceptors (Lipinski definition) is 4. The molecule has 2 atom stereocenters. The highest BCUT2D eigenvalue weighted by molar-refractivity contribution is 5.31. The van der Waals surface area contributed by atoms with Crippen molar-refractivity contribution >= 4 is 0 Å². The second-order valence-corrected chi connectivity index (χ2v) is 7.06. The Morgan fingerprint density at radius 2 is 1.36 bits per heavy atom. The van der Waals surface area contributed by atoms with Gasteiger partial charge < -0.3 is 14.6 Å². The third kappa shape index (κ3) is 3.20. The minimum atomic E-state index is -2.63. The van der Waals surface area contributed by atoms with E-state index in [-0.39, 0.29) is 30.9 Å². The molecule has 2 aliphatic rings. The van der Waals surface area contributed by atoms with Gasteiger partial charge in [-0.3, -0.25) is 0 Å². The van der Waals surface area contributed by atoms with Crippen LogP contribution < -0.4 is 0 Å². The van der Waals surface area contributed by atoms with E-state index in [1.807, 2.05) is 0 Å². The summed E-state index contributed by atoms with van der Waals surface area (Å²) in [7, 11) is 0. The second-order valence-electron chi connectivity index (χ2n) is 7.06. The van der Waals surface area contributed by atoms with E-state index < -0.39 is 30.8 Å². The van der Waals surface area contributed by atoms with Crippen molar-refractivity contribution in [1.82, 2.24) is 4.90 Å². The van der Waals surface area contributed by atoms with Gasteiger partial charge in [-0.05, 0) is 23.3 Å². The van der Waals surface area contributed by atoms with E-state index in [0.29, 0.717) is 11.1 Å². The van der Waals surface area contributed by atoms with Crippen LogP contribution in [0.3, 0.4) is 0 Å². The van der Waals surface area contributed by atoms with Crippen LogP contribution in [0.1, 0.15) is 47.6 Å². The Balaban J connectivity index is 1.72. The van der Waals surface area contributed by atoms with E-state index in [1.54, 1.807) is 17.0 Å². The lowest BCUT2D eigenvalue weighted by molar-refractivity contribution is -0.0632. The third-order valence-electron chi connectivity index (χ3n) is 5.26. The summed E-state index contributed by atoms with van der Waals surface area (Å²) in [5, 5.41) is 10.0. The molecule has 8 heteroatoms.